The molecule has 0 radical (unpaired) electrons. The lowest BCUT2D eigenvalue weighted by atomic mass is 10.1. The number of hydrogen-bond acceptors (Lipinski definition) is 4. The van der Waals surface area contributed by atoms with Crippen molar-refractivity contribution < 1.29 is 17.6 Å². The Hall–Kier alpha value is -1.25. The second kappa shape index (κ2) is 5.03. The Bertz CT molecular complexity index is 527. The Morgan fingerprint density at radius 2 is 1.95 bits per heavy atom. The molecule has 1 aromatic carbocycles. The summed E-state index contributed by atoms with van der Waals surface area (Å²) >= 11 is 1.21. The van der Waals surface area contributed by atoms with Crippen LogP contribution in [0.3, 0.4) is 0 Å². The van der Waals surface area contributed by atoms with Crippen molar-refractivity contribution >= 4 is 17.5 Å². The van der Waals surface area contributed by atoms with Crippen LogP contribution in [0, 0.1) is 5.82 Å². The Morgan fingerprint density at radius 3 is 2.53 bits per heavy atom. The SMILES string of the molecule is NCC1=C(c2cc(F)cc(C(F)(F)F)c2)NC(N)S1. The van der Waals surface area contributed by atoms with Gasteiger partial charge in [-0.25, -0.2) is 4.39 Å². The molecule has 5 N–H and O–H groups in total. The maximum Gasteiger partial charge on any atom is 0.416 e. The Balaban J connectivity index is 2.49. The molecule has 3 nitrogen and oxygen atoms in total. The predicted octanol–water partition coefficient (Wildman–Crippen LogP) is 2.05. The maximum absolute atomic E-state index is 13.3. The lowest BCUT2D eigenvalue weighted by Gasteiger charge is -2.12. The fraction of sp³-hybridized carbons (Fsp3) is 0.273. The molecular formula is C11H11F4N3S. The molecule has 2 rings (SSSR count). The fourth-order valence-electron chi connectivity index (χ4n) is 1.76. The van der Waals surface area contributed by atoms with Crippen molar-refractivity contribution in [1.29, 1.82) is 0 Å². The summed E-state index contributed by atoms with van der Waals surface area (Å²) in [6.45, 7) is 0.124. The van der Waals surface area contributed by atoms with Crippen LogP contribution in [-0.2, 0) is 6.18 Å². The molecule has 8 heteroatoms. The van der Waals surface area contributed by atoms with E-state index < -0.39 is 23.1 Å². The molecule has 1 aliphatic heterocycles. The van der Waals surface area contributed by atoms with Gasteiger partial charge in [0.1, 0.15) is 11.3 Å². The molecule has 1 aromatic rings. The molecule has 0 amide bonds. The van der Waals surface area contributed by atoms with Gasteiger partial charge in [-0.1, -0.05) is 11.8 Å². The molecule has 0 saturated carbocycles. The Morgan fingerprint density at radius 1 is 1.26 bits per heavy atom. The highest BCUT2D eigenvalue weighted by molar-refractivity contribution is 8.04. The molecule has 0 aliphatic carbocycles. The van der Waals surface area contributed by atoms with E-state index in [1.807, 2.05) is 0 Å². The van der Waals surface area contributed by atoms with Gasteiger partial charge in [0.25, 0.3) is 0 Å². The summed E-state index contributed by atoms with van der Waals surface area (Å²) in [4.78, 5) is 0.603. The first kappa shape index (κ1) is 14.2. The molecular weight excluding hydrogens is 282 g/mol. The number of nitrogens with one attached hydrogen (secondary N) is 1. The van der Waals surface area contributed by atoms with Crippen molar-refractivity contribution in [1.82, 2.24) is 5.32 Å². The van der Waals surface area contributed by atoms with Gasteiger partial charge in [0.05, 0.1) is 11.3 Å². The Kier molecular flexibility index (Phi) is 3.75. The topological polar surface area (TPSA) is 64.1 Å². The first-order chi connectivity index (χ1) is 8.81. The molecule has 104 valence electrons. The van der Waals surface area contributed by atoms with E-state index in [-0.39, 0.29) is 12.1 Å². The van der Waals surface area contributed by atoms with Crippen molar-refractivity contribution in [3.8, 4) is 0 Å². The average Bonchev–Trinajstić information content (AvgIpc) is 2.68. The van der Waals surface area contributed by atoms with Gasteiger partial charge in [-0.15, -0.1) is 0 Å². The molecule has 0 bridgehead atoms. The molecule has 1 atom stereocenters. The highest BCUT2D eigenvalue weighted by atomic mass is 32.2. The minimum absolute atomic E-state index is 0.0909. The van der Waals surface area contributed by atoms with Gasteiger partial charge in [-0.2, -0.15) is 13.2 Å². The lowest BCUT2D eigenvalue weighted by molar-refractivity contribution is -0.137. The number of thioether (sulfide) groups is 1. The van der Waals surface area contributed by atoms with Gasteiger partial charge in [0.2, 0.25) is 0 Å². The molecule has 0 saturated heterocycles. The van der Waals surface area contributed by atoms with Crippen LogP contribution in [0.2, 0.25) is 0 Å². The van der Waals surface area contributed by atoms with E-state index in [4.69, 9.17) is 11.5 Å². The van der Waals surface area contributed by atoms with Crippen molar-refractivity contribution in [2.24, 2.45) is 11.5 Å². The number of alkyl halides is 3. The van der Waals surface area contributed by atoms with E-state index in [1.54, 1.807) is 0 Å². The summed E-state index contributed by atoms with van der Waals surface area (Å²) in [5, 5.41) is 2.78. The standard InChI is InChI=1S/C11H11F4N3S/c12-7-2-5(1-6(3-7)11(13,14)15)9-8(4-16)19-10(17)18-9/h1-3,10,18H,4,16-17H2. The van der Waals surface area contributed by atoms with E-state index in [9.17, 15) is 17.6 Å². The molecule has 1 aliphatic rings. The van der Waals surface area contributed by atoms with Crippen molar-refractivity contribution in [3.05, 3.63) is 40.0 Å². The minimum atomic E-state index is -4.60. The van der Waals surface area contributed by atoms with E-state index in [1.165, 1.54) is 11.8 Å². The summed E-state index contributed by atoms with van der Waals surface area (Å²) in [5.74, 6) is -0.957. The third-order valence-corrected chi connectivity index (χ3v) is 3.56. The molecule has 1 heterocycles. The maximum atomic E-state index is 13.3. The third kappa shape index (κ3) is 3.02. The molecule has 0 aromatic heterocycles. The lowest BCUT2D eigenvalue weighted by Crippen LogP contribution is -2.28. The zero-order valence-corrected chi connectivity index (χ0v) is 10.4. The van der Waals surface area contributed by atoms with Crippen LogP contribution in [0.4, 0.5) is 17.6 Å². The normalized spacial score (nSPS) is 19.8. The van der Waals surface area contributed by atoms with Gasteiger partial charge in [-0.05, 0) is 18.2 Å². The minimum Gasteiger partial charge on any atom is -0.360 e. The average molecular weight is 293 g/mol. The summed E-state index contributed by atoms with van der Waals surface area (Å²) in [6, 6.07) is 2.35. The van der Waals surface area contributed by atoms with E-state index >= 15 is 0 Å². The number of hydrogen-bond donors (Lipinski definition) is 3. The van der Waals surface area contributed by atoms with E-state index in [2.05, 4.69) is 5.32 Å². The van der Waals surface area contributed by atoms with Crippen molar-refractivity contribution in [2.75, 3.05) is 6.54 Å². The smallest absolute Gasteiger partial charge is 0.360 e. The van der Waals surface area contributed by atoms with Gasteiger partial charge in [0.15, 0.2) is 0 Å². The Labute approximate surface area is 111 Å². The second-order valence-electron chi connectivity index (χ2n) is 3.91. The highest BCUT2D eigenvalue weighted by Gasteiger charge is 2.32. The van der Waals surface area contributed by atoms with Crippen molar-refractivity contribution in [3.63, 3.8) is 0 Å². The summed E-state index contributed by atoms with van der Waals surface area (Å²) in [6.07, 6.45) is -4.60. The summed E-state index contributed by atoms with van der Waals surface area (Å²) in [7, 11) is 0. The zero-order valence-electron chi connectivity index (χ0n) is 9.59. The number of rotatable bonds is 2. The number of nitrogens with two attached hydrogens (primary N) is 2. The summed E-state index contributed by atoms with van der Waals surface area (Å²) in [5.41, 5.74) is 10.0. The van der Waals surface area contributed by atoms with E-state index in [0.717, 1.165) is 12.1 Å². The zero-order chi connectivity index (χ0) is 14.2. The third-order valence-electron chi connectivity index (χ3n) is 2.53. The van der Waals surface area contributed by atoms with Crippen LogP contribution in [0.5, 0.6) is 0 Å². The van der Waals surface area contributed by atoms with Crippen LogP contribution >= 0.6 is 11.8 Å². The van der Waals surface area contributed by atoms with Crippen LogP contribution in [0.1, 0.15) is 11.1 Å². The highest BCUT2D eigenvalue weighted by Crippen LogP contribution is 2.36. The second-order valence-corrected chi connectivity index (χ2v) is 5.15. The van der Waals surface area contributed by atoms with Crippen LogP contribution < -0.4 is 16.8 Å². The predicted molar refractivity (Wildman–Crippen MR) is 66.1 cm³/mol. The van der Waals surface area contributed by atoms with Gasteiger partial charge < -0.3 is 16.8 Å². The first-order valence-electron chi connectivity index (χ1n) is 5.31. The van der Waals surface area contributed by atoms with Gasteiger partial charge >= 0.3 is 6.18 Å². The molecule has 0 fully saturated rings. The summed E-state index contributed by atoms with van der Waals surface area (Å²) < 4.78 is 51.2. The van der Waals surface area contributed by atoms with Gasteiger partial charge in [-0.3, -0.25) is 0 Å². The molecule has 1 unspecified atom stereocenters. The van der Waals surface area contributed by atoms with Gasteiger partial charge in [0, 0.05) is 17.0 Å². The van der Waals surface area contributed by atoms with Crippen LogP contribution in [-0.4, -0.2) is 12.0 Å². The quantitative estimate of drug-likeness (QED) is 0.730. The monoisotopic (exact) mass is 293 g/mol. The number of benzene rings is 1. The fourth-order valence-corrected chi connectivity index (χ4v) is 2.63. The van der Waals surface area contributed by atoms with E-state index in [0.29, 0.717) is 16.7 Å². The molecule has 0 spiro atoms. The van der Waals surface area contributed by atoms with Crippen molar-refractivity contribution in [2.45, 2.75) is 11.7 Å². The number of halogens is 4. The first-order valence-corrected chi connectivity index (χ1v) is 6.19. The van der Waals surface area contributed by atoms with Crippen LogP contribution in [0.15, 0.2) is 23.1 Å². The van der Waals surface area contributed by atoms with Crippen LogP contribution in [0.25, 0.3) is 5.70 Å². The largest absolute Gasteiger partial charge is 0.416 e. The molecule has 19 heavy (non-hydrogen) atoms.